The SMILES string of the molecule is CCCCCCCC(O)(O)CCCCCCC. The van der Waals surface area contributed by atoms with Crippen molar-refractivity contribution in [2.45, 2.75) is 96.7 Å². The van der Waals surface area contributed by atoms with E-state index in [2.05, 4.69) is 13.8 Å². The fourth-order valence-corrected chi connectivity index (χ4v) is 2.15. The summed E-state index contributed by atoms with van der Waals surface area (Å²) in [5.74, 6) is -1.40. The van der Waals surface area contributed by atoms with E-state index in [9.17, 15) is 10.2 Å². The van der Waals surface area contributed by atoms with Gasteiger partial charge in [-0.3, -0.25) is 0 Å². The summed E-state index contributed by atoms with van der Waals surface area (Å²) in [4.78, 5) is 0. The summed E-state index contributed by atoms with van der Waals surface area (Å²) in [6.07, 6.45) is 12.7. The molecule has 2 nitrogen and oxygen atoms in total. The van der Waals surface area contributed by atoms with Gasteiger partial charge < -0.3 is 10.2 Å². The monoisotopic (exact) mass is 244 g/mol. The molecule has 0 heterocycles. The van der Waals surface area contributed by atoms with E-state index >= 15 is 0 Å². The molecular formula is C15H32O2. The van der Waals surface area contributed by atoms with Gasteiger partial charge in [0.15, 0.2) is 5.79 Å². The van der Waals surface area contributed by atoms with Crippen LogP contribution in [0.15, 0.2) is 0 Å². The zero-order chi connectivity index (χ0) is 13.0. The summed E-state index contributed by atoms with van der Waals surface area (Å²) in [5, 5.41) is 19.6. The van der Waals surface area contributed by atoms with Crippen LogP contribution in [0.4, 0.5) is 0 Å². The zero-order valence-corrected chi connectivity index (χ0v) is 11.9. The van der Waals surface area contributed by atoms with E-state index in [0.29, 0.717) is 12.8 Å². The second-order valence-corrected chi connectivity index (χ2v) is 5.31. The molecule has 0 amide bonds. The maximum Gasteiger partial charge on any atom is 0.162 e. The van der Waals surface area contributed by atoms with Crippen LogP contribution in [0.3, 0.4) is 0 Å². The third kappa shape index (κ3) is 12.2. The standard InChI is InChI=1S/C15H32O2/c1-3-5-7-9-11-13-15(16,17)14-12-10-8-6-4-2/h16-17H,3-14H2,1-2H3. The van der Waals surface area contributed by atoms with Gasteiger partial charge >= 0.3 is 0 Å². The number of rotatable bonds is 12. The van der Waals surface area contributed by atoms with Crippen LogP contribution in [-0.2, 0) is 0 Å². The second kappa shape index (κ2) is 11.0. The Morgan fingerprint density at radius 2 is 0.941 bits per heavy atom. The minimum absolute atomic E-state index is 0.546. The normalized spacial score (nSPS) is 12.0. The van der Waals surface area contributed by atoms with E-state index in [4.69, 9.17) is 0 Å². The Morgan fingerprint density at radius 1 is 0.588 bits per heavy atom. The highest BCUT2D eigenvalue weighted by molar-refractivity contribution is 4.65. The van der Waals surface area contributed by atoms with E-state index in [1.54, 1.807) is 0 Å². The van der Waals surface area contributed by atoms with Gasteiger partial charge in [-0.05, 0) is 12.8 Å². The molecule has 0 spiro atoms. The first-order valence-electron chi connectivity index (χ1n) is 7.57. The lowest BCUT2D eigenvalue weighted by Gasteiger charge is -2.21. The van der Waals surface area contributed by atoms with Crippen LogP contribution in [0.1, 0.15) is 90.9 Å². The average Bonchev–Trinajstić information content (AvgIpc) is 2.28. The topological polar surface area (TPSA) is 40.5 Å². The van der Waals surface area contributed by atoms with Gasteiger partial charge in [0.05, 0.1) is 0 Å². The zero-order valence-electron chi connectivity index (χ0n) is 11.9. The largest absolute Gasteiger partial charge is 0.366 e. The van der Waals surface area contributed by atoms with Gasteiger partial charge in [-0.15, -0.1) is 0 Å². The minimum atomic E-state index is -1.40. The molecular weight excluding hydrogens is 212 g/mol. The summed E-state index contributed by atoms with van der Waals surface area (Å²) in [6.45, 7) is 4.39. The maximum atomic E-state index is 9.78. The molecule has 0 bridgehead atoms. The van der Waals surface area contributed by atoms with Crippen molar-refractivity contribution in [2.75, 3.05) is 0 Å². The smallest absolute Gasteiger partial charge is 0.162 e. The summed E-state index contributed by atoms with van der Waals surface area (Å²) in [6, 6.07) is 0. The molecule has 0 saturated carbocycles. The highest BCUT2D eigenvalue weighted by Gasteiger charge is 2.21. The first kappa shape index (κ1) is 16.9. The third-order valence-electron chi connectivity index (χ3n) is 3.36. The molecule has 2 N–H and O–H groups in total. The Kier molecular flexibility index (Phi) is 11.0. The summed E-state index contributed by atoms with van der Waals surface area (Å²) in [5.41, 5.74) is 0. The Bertz CT molecular complexity index is 139. The molecule has 104 valence electrons. The third-order valence-corrected chi connectivity index (χ3v) is 3.36. The summed E-state index contributed by atoms with van der Waals surface area (Å²) >= 11 is 0. The average molecular weight is 244 g/mol. The van der Waals surface area contributed by atoms with E-state index < -0.39 is 5.79 Å². The molecule has 0 aromatic heterocycles. The molecule has 0 aliphatic heterocycles. The molecule has 0 saturated heterocycles. The molecule has 0 atom stereocenters. The van der Waals surface area contributed by atoms with Gasteiger partial charge in [0.1, 0.15) is 0 Å². The van der Waals surface area contributed by atoms with E-state index in [1.807, 2.05) is 0 Å². The van der Waals surface area contributed by atoms with Gasteiger partial charge in [0.25, 0.3) is 0 Å². The molecule has 0 aliphatic carbocycles. The van der Waals surface area contributed by atoms with Crippen LogP contribution in [0.25, 0.3) is 0 Å². The molecule has 0 unspecified atom stereocenters. The molecule has 0 fully saturated rings. The number of aliphatic hydroxyl groups is 2. The summed E-state index contributed by atoms with van der Waals surface area (Å²) in [7, 11) is 0. The molecule has 17 heavy (non-hydrogen) atoms. The Morgan fingerprint density at radius 3 is 1.29 bits per heavy atom. The number of hydrogen-bond acceptors (Lipinski definition) is 2. The van der Waals surface area contributed by atoms with Crippen LogP contribution in [0.5, 0.6) is 0 Å². The Labute approximate surface area is 107 Å². The van der Waals surface area contributed by atoms with Gasteiger partial charge in [-0.25, -0.2) is 0 Å². The van der Waals surface area contributed by atoms with E-state index in [1.165, 1.54) is 38.5 Å². The fraction of sp³-hybridized carbons (Fsp3) is 1.00. The van der Waals surface area contributed by atoms with Gasteiger partial charge in [0, 0.05) is 12.8 Å². The number of unbranched alkanes of at least 4 members (excludes halogenated alkanes) is 8. The lowest BCUT2D eigenvalue weighted by molar-refractivity contribution is -0.172. The highest BCUT2D eigenvalue weighted by Crippen LogP contribution is 2.20. The molecule has 0 rings (SSSR count). The maximum absolute atomic E-state index is 9.78. The van der Waals surface area contributed by atoms with Gasteiger partial charge in [-0.2, -0.15) is 0 Å². The van der Waals surface area contributed by atoms with Crippen molar-refractivity contribution in [2.24, 2.45) is 0 Å². The highest BCUT2D eigenvalue weighted by atomic mass is 16.5. The first-order chi connectivity index (χ1) is 8.12. The molecule has 0 aromatic carbocycles. The van der Waals surface area contributed by atoms with Crippen molar-refractivity contribution in [3.05, 3.63) is 0 Å². The van der Waals surface area contributed by atoms with Crippen molar-refractivity contribution >= 4 is 0 Å². The lowest BCUT2D eigenvalue weighted by atomic mass is 10.00. The van der Waals surface area contributed by atoms with Crippen molar-refractivity contribution < 1.29 is 10.2 Å². The number of hydrogen-bond donors (Lipinski definition) is 2. The van der Waals surface area contributed by atoms with Gasteiger partial charge in [0.2, 0.25) is 0 Å². The Hall–Kier alpha value is -0.0800. The fourth-order valence-electron chi connectivity index (χ4n) is 2.15. The van der Waals surface area contributed by atoms with Crippen molar-refractivity contribution in [3.63, 3.8) is 0 Å². The van der Waals surface area contributed by atoms with Crippen molar-refractivity contribution in [3.8, 4) is 0 Å². The second-order valence-electron chi connectivity index (χ2n) is 5.31. The predicted octanol–water partition coefficient (Wildman–Crippen LogP) is 4.39. The summed E-state index contributed by atoms with van der Waals surface area (Å²) < 4.78 is 0. The predicted molar refractivity (Wildman–Crippen MR) is 73.9 cm³/mol. The molecule has 0 radical (unpaired) electrons. The molecule has 0 aromatic rings. The van der Waals surface area contributed by atoms with Crippen molar-refractivity contribution in [1.29, 1.82) is 0 Å². The molecule has 0 aliphatic rings. The van der Waals surface area contributed by atoms with Crippen LogP contribution in [-0.4, -0.2) is 16.0 Å². The van der Waals surface area contributed by atoms with Crippen LogP contribution in [0, 0.1) is 0 Å². The van der Waals surface area contributed by atoms with E-state index in [0.717, 1.165) is 25.7 Å². The first-order valence-corrected chi connectivity index (χ1v) is 7.57. The van der Waals surface area contributed by atoms with Crippen LogP contribution < -0.4 is 0 Å². The van der Waals surface area contributed by atoms with E-state index in [-0.39, 0.29) is 0 Å². The minimum Gasteiger partial charge on any atom is -0.366 e. The van der Waals surface area contributed by atoms with Crippen LogP contribution in [0.2, 0.25) is 0 Å². The lowest BCUT2D eigenvalue weighted by Crippen LogP contribution is -2.27. The van der Waals surface area contributed by atoms with Gasteiger partial charge in [-0.1, -0.05) is 65.2 Å². The quantitative estimate of drug-likeness (QED) is 0.395. The molecule has 2 heteroatoms. The Balaban J connectivity index is 3.38. The van der Waals surface area contributed by atoms with Crippen molar-refractivity contribution in [1.82, 2.24) is 0 Å². The van der Waals surface area contributed by atoms with Crippen LogP contribution >= 0.6 is 0 Å².